The Bertz CT molecular complexity index is 2550. The molecule has 0 unspecified atom stereocenters. The molecule has 348 valence electrons. The van der Waals surface area contributed by atoms with Gasteiger partial charge < -0.3 is 35.4 Å². The number of carbonyl (C=O) groups excluding carboxylic acids is 2. The number of piperazine rings is 1. The van der Waals surface area contributed by atoms with Crippen LogP contribution in [0.5, 0.6) is 11.5 Å². The SMILES string of the molecule is CC(C)c1cc(C(=O)N2Cc3ccc(CN4CCC(N5CCN(C(=O)C6CCN(Cc7cn8nc(-c9cnc(N)nc9)cc(N9CCOCC9)c8n7)CC6)CC5)CC4)cc3C2)c(O)cc1O. The molecule has 5 aromatic rings. The molecule has 0 bridgehead atoms. The lowest BCUT2D eigenvalue weighted by Gasteiger charge is -2.43. The van der Waals surface area contributed by atoms with Crippen LogP contribution < -0.4 is 10.6 Å². The van der Waals surface area contributed by atoms with Crippen LogP contribution in [0.2, 0.25) is 0 Å². The van der Waals surface area contributed by atoms with E-state index in [1.165, 1.54) is 11.6 Å². The zero-order valence-electron chi connectivity index (χ0n) is 38.2. The second kappa shape index (κ2) is 18.8. The van der Waals surface area contributed by atoms with Crippen LogP contribution in [0.25, 0.3) is 16.9 Å². The molecule has 17 heteroatoms. The van der Waals surface area contributed by atoms with Gasteiger partial charge in [-0.3, -0.25) is 24.3 Å². The van der Waals surface area contributed by atoms with Crippen molar-refractivity contribution in [3.05, 3.63) is 88.5 Å². The number of aromatic hydroxyl groups is 2. The third kappa shape index (κ3) is 9.26. The highest BCUT2D eigenvalue weighted by Crippen LogP contribution is 2.35. The molecule has 17 nitrogen and oxygen atoms in total. The molecule has 8 heterocycles. The third-order valence-corrected chi connectivity index (χ3v) is 14.5. The van der Waals surface area contributed by atoms with E-state index in [2.05, 4.69) is 58.7 Å². The standard InChI is InChI=1S/C49H62N12O5/c1-32(2)40-22-41(45(63)24-44(40)62)48(65)60-28-35-4-3-33(21-36(35)29-60)27-55-11-7-39(8-12-55)57-13-15-59(16-14-57)47(64)34-5-9-56(10-6-34)30-38-31-61-46(53-38)43(58-17-19-66-20-18-58)23-42(54-61)37-25-51-49(50)52-26-37/h3-4,21-26,31-32,34,39,62-63H,5-20,27-30H2,1-2H3,(H2,50,51,52). The van der Waals surface area contributed by atoms with Crippen LogP contribution in [0.4, 0.5) is 11.6 Å². The fourth-order valence-corrected chi connectivity index (χ4v) is 10.7. The van der Waals surface area contributed by atoms with Crippen molar-refractivity contribution in [2.75, 3.05) is 89.3 Å². The molecular weight excluding hydrogens is 837 g/mol. The third-order valence-electron chi connectivity index (χ3n) is 14.5. The molecule has 0 saturated carbocycles. The molecule has 0 spiro atoms. The largest absolute Gasteiger partial charge is 0.508 e. The van der Waals surface area contributed by atoms with Crippen molar-refractivity contribution >= 4 is 29.1 Å². The molecule has 2 amide bonds. The van der Waals surface area contributed by atoms with Crippen LogP contribution in [0.1, 0.15) is 83.8 Å². The first kappa shape index (κ1) is 44.0. The number of ether oxygens (including phenoxy) is 1. The minimum absolute atomic E-state index is 0.00812. The number of phenolic OH excluding ortho intramolecular Hbond substituents is 2. The lowest BCUT2D eigenvalue weighted by Crippen LogP contribution is -2.55. The van der Waals surface area contributed by atoms with Gasteiger partial charge in [-0.05, 0) is 92.2 Å². The summed E-state index contributed by atoms with van der Waals surface area (Å²) in [5, 5.41) is 25.7. The van der Waals surface area contributed by atoms with Gasteiger partial charge in [0.2, 0.25) is 11.9 Å². The monoisotopic (exact) mass is 898 g/mol. The molecule has 10 rings (SSSR count). The first-order valence-electron chi connectivity index (χ1n) is 23.8. The summed E-state index contributed by atoms with van der Waals surface area (Å²) in [4.78, 5) is 54.5. The highest BCUT2D eigenvalue weighted by atomic mass is 16.5. The Hall–Kier alpha value is -5.88. The smallest absolute Gasteiger partial charge is 0.258 e. The van der Waals surface area contributed by atoms with E-state index in [-0.39, 0.29) is 40.8 Å². The van der Waals surface area contributed by atoms with Crippen LogP contribution >= 0.6 is 0 Å². The number of hydrogen-bond acceptors (Lipinski definition) is 14. The number of likely N-dealkylation sites (tertiary alicyclic amines) is 2. The summed E-state index contributed by atoms with van der Waals surface area (Å²) in [6.07, 6.45) is 9.36. The summed E-state index contributed by atoms with van der Waals surface area (Å²) in [6.45, 7) is 16.6. The van der Waals surface area contributed by atoms with Gasteiger partial charge in [-0.25, -0.2) is 19.5 Å². The van der Waals surface area contributed by atoms with Crippen molar-refractivity contribution in [3.8, 4) is 22.8 Å². The quantitative estimate of drug-likeness (QED) is 0.180. The minimum Gasteiger partial charge on any atom is -0.508 e. The number of imidazole rings is 1. The highest BCUT2D eigenvalue weighted by Gasteiger charge is 2.34. The maximum Gasteiger partial charge on any atom is 0.258 e. The average molecular weight is 899 g/mol. The van der Waals surface area contributed by atoms with Gasteiger partial charge in [0.05, 0.1) is 42.0 Å². The molecule has 0 radical (unpaired) electrons. The van der Waals surface area contributed by atoms with Crippen LogP contribution in [-0.4, -0.2) is 156 Å². The molecule has 4 fully saturated rings. The Kier molecular flexibility index (Phi) is 12.5. The van der Waals surface area contributed by atoms with Gasteiger partial charge in [0.15, 0.2) is 5.65 Å². The van der Waals surface area contributed by atoms with E-state index in [1.54, 1.807) is 23.4 Å². The second-order valence-corrected chi connectivity index (χ2v) is 19.1. The number of nitrogens with two attached hydrogens (primary N) is 1. The first-order chi connectivity index (χ1) is 32.0. The van der Waals surface area contributed by atoms with Gasteiger partial charge in [-0.15, -0.1) is 0 Å². The maximum absolute atomic E-state index is 13.8. The number of nitrogen functional groups attached to an aromatic ring is 1. The molecule has 0 aliphatic carbocycles. The predicted octanol–water partition coefficient (Wildman–Crippen LogP) is 4.32. The summed E-state index contributed by atoms with van der Waals surface area (Å²) in [7, 11) is 0. The summed E-state index contributed by atoms with van der Waals surface area (Å²) in [5.41, 5.74) is 14.5. The summed E-state index contributed by atoms with van der Waals surface area (Å²) in [5.74, 6) is 0.215. The Morgan fingerprint density at radius 1 is 0.788 bits per heavy atom. The first-order valence-corrected chi connectivity index (χ1v) is 23.8. The van der Waals surface area contributed by atoms with Crippen molar-refractivity contribution in [1.29, 1.82) is 0 Å². The molecular formula is C49H62N12O5. The van der Waals surface area contributed by atoms with Crippen molar-refractivity contribution in [3.63, 3.8) is 0 Å². The fraction of sp³-hybridized carbons (Fsp3) is 0.510. The summed E-state index contributed by atoms with van der Waals surface area (Å²) in [6, 6.07) is 12.1. The van der Waals surface area contributed by atoms with E-state index in [0.717, 1.165) is 137 Å². The van der Waals surface area contributed by atoms with Gasteiger partial charge in [-0.2, -0.15) is 5.10 Å². The molecule has 0 atom stereocenters. The lowest BCUT2D eigenvalue weighted by molar-refractivity contribution is -0.139. The Labute approximate surface area is 385 Å². The van der Waals surface area contributed by atoms with Crippen molar-refractivity contribution < 1.29 is 24.5 Å². The maximum atomic E-state index is 13.8. The number of piperidine rings is 2. The molecule has 66 heavy (non-hydrogen) atoms. The molecule has 5 aliphatic rings. The number of rotatable bonds is 10. The minimum atomic E-state index is -0.225. The van der Waals surface area contributed by atoms with E-state index >= 15 is 0 Å². The predicted molar refractivity (Wildman–Crippen MR) is 250 cm³/mol. The Balaban J connectivity index is 0.672. The normalized spacial score (nSPS) is 19.6. The number of morpholine rings is 1. The van der Waals surface area contributed by atoms with Gasteiger partial charge in [0.1, 0.15) is 11.5 Å². The molecule has 5 aliphatic heterocycles. The average Bonchev–Trinajstić information content (AvgIpc) is 3.96. The van der Waals surface area contributed by atoms with E-state index in [1.807, 2.05) is 24.6 Å². The van der Waals surface area contributed by atoms with E-state index in [4.69, 9.17) is 20.6 Å². The lowest BCUT2D eigenvalue weighted by atomic mass is 9.94. The zero-order chi connectivity index (χ0) is 45.5. The molecule has 3 aromatic heterocycles. The van der Waals surface area contributed by atoms with Crippen molar-refractivity contribution in [2.24, 2.45) is 5.92 Å². The van der Waals surface area contributed by atoms with Gasteiger partial charge in [0.25, 0.3) is 5.91 Å². The number of nitrogens with zero attached hydrogens (tertiary/aromatic N) is 11. The number of hydrogen-bond donors (Lipinski definition) is 3. The van der Waals surface area contributed by atoms with E-state index < -0.39 is 0 Å². The van der Waals surface area contributed by atoms with Gasteiger partial charge in [-0.1, -0.05) is 32.0 Å². The topological polar surface area (TPSA) is 185 Å². The second-order valence-electron chi connectivity index (χ2n) is 19.1. The number of fused-ring (bicyclic) bond motifs is 2. The van der Waals surface area contributed by atoms with Crippen LogP contribution in [0, 0.1) is 5.92 Å². The molecule has 4 saturated heterocycles. The summed E-state index contributed by atoms with van der Waals surface area (Å²) >= 11 is 0. The van der Waals surface area contributed by atoms with Gasteiger partial charge in [0, 0.05) is 101 Å². The van der Waals surface area contributed by atoms with Crippen LogP contribution in [0.3, 0.4) is 0 Å². The van der Waals surface area contributed by atoms with Crippen LogP contribution in [0.15, 0.2) is 55.0 Å². The fourth-order valence-electron chi connectivity index (χ4n) is 10.7. The number of amides is 2. The molecule has 4 N–H and O–H groups in total. The molecule has 2 aromatic carbocycles. The summed E-state index contributed by atoms with van der Waals surface area (Å²) < 4.78 is 7.51. The highest BCUT2D eigenvalue weighted by molar-refractivity contribution is 5.97. The van der Waals surface area contributed by atoms with Crippen molar-refractivity contribution in [2.45, 2.75) is 77.7 Å². The van der Waals surface area contributed by atoms with E-state index in [9.17, 15) is 19.8 Å². The van der Waals surface area contributed by atoms with Crippen LogP contribution in [-0.2, 0) is 35.7 Å². The van der Waals surface area contributed by atoms with E-state index in [0.29, 0.717) is 50.4 Å². The Morgan fingerprint density at radius 2 is 1.48 bits per heavy atom. The Morgan fingerprint density at radius 3 is 2.21 bits per heavy atom. The van der Waals surface area contributed by atoms with Gasteiger partial charge >= 0.3 is 0 Å². The zero-order valence-corrected chi connectivity index (χ0v) is 38.2. The number of phenols is 2. The number of benzene rings is 2. The number of anilines is 2. The number of carbonyl (C=O) groups is 2. The number of aromatic nitrogens is 5. The van der Waals surface area contributed by atoms with Crippen molar-refractivity contribution in [1.82, 2.24) is 49.1 Å².